The Kier molecular flexibility index (Phi) is 10.2. The van der Waals surface area contributed by atoms with Crippen LogP contribution in [0.4, 0.5) is 4.39 Å². The Balaban J connectivity index is 2.58. The van der Waals surface area contributed by atoms with E-state index in [0.717, 1.165) is 52.3 Å². The lowest BCUT2D eigenvalue weighted by Crippen LogP contribution is -2.28. The third-order valence-electron chi connectivity index (χ3n) is 5.84. The molecule has 2 aromatic rings. The van der Waals surface area contributed by atoms with E-state index in [-0.39, 0.29) is 11.9 Å². The van der Waals surface area contributed by atoms with Crippen LogP contribution in [0, 0.1) is 18.7 Å². The van der Waals surface area contributed by atoms with Gasteiger partial charge in [-0.05, 0) is 87.5 Å². The normalized spacial score (nSPS) is 15.1. The van der Waals surface area contributed by atoms with Gasteiger partial charge in [-0.3, -0.25) is 9.98 Å². The largest absolute Gasteiger partial charge is 0.347 e. The lowest BCUT2D eigenvalue weighted by Gasteiger charge is -2.20. The van der Waals surface area contributed by atoms with Crippen molar-refractivity contribution in [3.8, 4) is 11.1 Å². The van der Waals surface area contributed by atoms with Crippen LogP contribution in [0.25, 0.3) is 11.1 Å². The number of amidine groups is 1. The van der Waals surface area contributed by atoms with Crippen molar-refractivity contribution in [2.24, 2.45) is 15.9 Å². The van der Waals surface area contributed by atoms with E-state index in [4.69, 9.17) is 9.98 Å². The molecule has 2 atom stereocenters. The number of halogens is 1. The summed E-state index contributed by atoms with van der Waals surface area (Å²) in [5.41, 5.74) is 6.23. The van der Waals surface area contributed by atoms with Gasteiger partial charge < -0.3 is 5.32 Å². The average molecular weight is 448 g/mol. The molecule has 0 fully saturated rings. The molecule has 0 aliphatic rings. The van der Waals surface area contributed by atoms with Crippen LogP contribution in [0.3, 0.4) is 0 Å². The summed E-state index contributed by atoms with van der Waals surface area (Å²) < 4.78 is 13.4. The highest BCUT2D eigenvalue weighted by molar-refractivity contribution is 6.04. The lowest BCUT2D eigenvalue weighted by molar-refractivity contribution is 0.628. The van der Waals surface area contributed by atoms with Crippen molar-refractivity contribution in [3.05, 3.63) is 83.5 Å². The third kappa shape index (κ3) is 7.52. The second-order valence-electron chi connectivity index (χ2n) is 8.42. The fourth-order valence-electron chi connectivity index (χ4n) is 3.49. The first-order chi connectivity index (χ1) is 15.8. The SMILES string of the molecule is C/C=C(/C)N=C(C(C)CC)C(C)N=C(N/C=C/CC)c1cc(-c2ccc(F)cc2)ccc1C. The van der Waals surface area contributed by atoms with Crippen LogP contribution in [-0.2, 0) is 0 Å². The molecule has 0 radical (unpaired) electrons. The van der Waals surface area contributed by atoms with Crippen molar-refractivity contribution < 1.29 is 4.39 Å². The van der Waals surface area contributed by atoms with Gasteiger partial charge in [-0.15, -0.1) is 0 Å². The second kappa shape index (κ2) is 12.9. The average Bonchev–Trinajstić information content (AvgIpc) is 2.82. The minimum Gasteiger partial charge on any atom is -0.347 e. The predicted molar refractivity (Wildman–Crippen MR) is 141 cm³/mol. The fraction of sp³-hybridized carbons (Fsp3) is 0.379. The van der Waals surface area contributed by atoms with Gasteiger partial charge in [-0.1, -0.05) is 57.2 Å². The highest BCUT2D eigenvalue weighted by atomic mass is 19.1. The van der Waals surface area contributed by atoms with Crippen LogP contribution in [-0.4, -0.2) is 17.6 Å². The topological polar surface area (TPSA) is 36.8 Å². The van der Waals surface area contributed by atoms with Crippen LogP contribution < -0.4 is 5.32 Å². The maximum atomic E-state index is 13.4. The van der Waals surface area contributed by atoms with Gasteiger partial charge in [0.2, 0.25) is 0 Å². The Morgan fingerprint density at radius 2 is 1.73 bits per heavy atom. The van der Waals surface area contributed by atoms with E-state index in [9.17, 15) is 4.39 Å². The van der Waals surface area contributed by atoms with Gasteiger partial charge in [0.1, 0.15) is 11.7 Å². The number of hydrogen-bond acceptors (Lipinski definition) is 2. The van der Waals surface area contributed by atoms with Crippen LogP contribution >= 0.6 is 0 Å². The standard InChI is InChI=1S/C29H38FN3/c1-8-11-18-31-29(33-23(7)28(20(4)9-2)32-22(6)10-3)27-19-25(13-12-21(27)5)24-14-16-26(30)17-15-24/h10-20,23H,8-9H2,1-7H3,(H,31,33)/b18-11+,22-10-,32-28?. The first kappa shape index (κ1) is 26.2. The number of nitrogens with zero attached hydrogens (tertiary/aromatic N) is 2. The second-order valence-corrected chi connectivity index (χ2v) is 8.42. The summed E-state index contributed by atoms with van der Waals surface area (Å²) in [6.07, 6.45) is 8.00. The maximum Gasteiger partial charge on any atom is 0.133 e. The Bertz CT molecular complexity index is 1030. The molecule has 1 N–H and O–H groups in total. The molecular weight excluding hydrogens is 409 g/mol. The minimum atomic E-state index is -0.234. The molecule has 0 spiro atoms. The van der Waals surface area contributed by atoms with Crippen LogP contribution in [0.1, 0.15) is 65.5 Å². The van der Waals surface area contributed by atoms with Gasteiger partial charge in [0.05, 0.1) is 6.04 Å². The zero-order valence-corrected chi connectivity index (χ0v) is 21.1. The molecular formula is C29H38FN3. The summed E-state index contributed by atoms with van der Waals surface area (Å²) in [4.78, 5) is 10.0. The monoisotopic (exact) mass is 447 g/mol. The molecule has 0 saturated heterocycles. The summed E-state index contributed by atoms with van der Waals surface area (Å²) in [7, 11) is 0. The van der Waals surface area contributed by atoms with Crippen molar-refractivity contribution in [3.63, 3.8) is 0 Å². The third-order valence-corrected chi connectivity index (χ3v) is 5.84. The molecule has 0 aliphatic carbocycles. The van der Waals surface area contributed by atoms with Crippen molar-refractivity contribution >= 4 is 11.5 Å². The number of aliphatic imine (C=N–C) groups is 2. The van der Waals surface area contributed by atoms with Crippen LogP contribution in [0.5, 0.6) is 0 Å². The molecule has 0 bridgehead atoms. The van der Waals surface area contributed by atoms with E-state index in [0.29, 0.717) is 5.92 Å². The van der Waals surface area contributed by atoms with E-state index in [1.54, 1.807) is 12.1 Å². The molecule has 4 heteroatoms. The van der Waals surface area contributed by atoms with E-state index >= 15 is 0 Å². The lowest BCUT2D eigenvalue weighted by atomic mass is 9.96. The Morgan fingerprint density at radius 3 is 2.33 bits per heavy atom. The predicted octanol–water partition coefficient (Wildman–Crippen LogP) is 7.86. The van der Waals surface area contributed by atoms with Crippen molar-refractivity contribution in [2.75, 3.05) is 0 Å². The maximum absolute atomic E-state index is 13.4. The Labute approximate surface area is 199 Å². The summed E-state index contributed by atoms with van der Waals surface area (Å²) in [6, 6.07) is 12.8. The molecule has 176 valence electrons. The molecule has 33 heavy (non-hydrogen) atoms. The molecule has 0 saturated carbocycles. The fourth-order valence-corrected chi connectivity index (χ4v) is 3.49. The molecule has 0 aromatic heterocycles. The number of rotatable bonds is 9. The molecule has 2 rings (SSSR count). The zero-order chi connectivity index (χ0) is 24.4. The van der Waals surface area contributed by atoms with Gasteiger partial charge in [0, 0.05) is 17.0 Å². The van der Waals surface area contributed by atoms with Crippen molar-refractivity contribution in [2.45, 2.75) is 67.3 Å². The molecule has 0 amide bonds. The quantitative estimate of drug-likeness (QED) is 0.308. The highest BCUT2D eigenvalue weighted by Crippen LogP contribution is 2.24. The van der Waals surface area contributed by atoms with Crippen molar-refractivity contribution in [1.29, 1.82) is 0 Å². The number of benzene rings is 2. The number of aryl methyl sites for hydroxylation is 1. The molecule has 2 aromatic carbocycles. The van der Waals surface area contributed by atoms with E-state index < -0.39 is 0 Å². The van der Waals surface area contributed by atoms with Gasteiger partial charge in [0.25, 0.3) is 0 Å². The van der Waals surface area contributed by atoms with Crippen molar-refractivity contribution in [1.82, 2.24) is 5.32 Å². The highest BCUT2D eigenvalue weighted by Gasteiger charge is 2.18. The molecule has 2 unspecified atom stereocenters. The summed E-state index contributed by atoms with van der Waals surface area (Å²) >= 11 is 0. The molecule has 3 nitrogen and oxygen atoms in total. The first-order valence-electron chi connectivity index (χ1n) is 11.9. The van der Waals surface area contributed by atoms with E-state index in [2.05, 4.69) is 64.2 Å². The van der Waals surface area contributed by atoms with Gasteiger partial charge >= 0.3 is 0 Å². The molecule has 0 aliphatic heterocycles. The minimum absolute atomic E-state index is 0.0822. The Morgan fingerprint density at radius 1 is 1.06 bits per heavy atom. The van der Waals surface area contributed by atoms with Gasteiger partial charge in [-0.2, -0.15) is 0 Å². The van der Waals surface area contributed by atoms with Crippen LogP contribution in [0.15, 0.2) is 76.5 Å². The van der Waals surface area contributed by atoms with Crippen LogP contribution in [0.2, 0.25) is 0 Å². The smallest absolute Gasteiger partial charge is 0.133 e. The van der Waals surface area contributed by atoms with Gasteiger partial charge in [0.15, 0.2) is 0 Å². The van der Waals surface area contributed by atoms with E-state index in [1.807, 2.05) is 26.1 Å². The summed E-state index contributed by atoms with van der Waals surface area (Å²) in [5, 5.41) is 3.42. The first-order valence-corrected chi connectivity index (χ1v) is 11.9. The Hall–Kier alpha value is -3.01. The zero-order valence-electron chi connectivity index (χ0n) is 21.1. The summed E-state index contributed by atoms with van der Waals surface area (Å²) in [6.45, 7) is 14.7. The van der Waals surface area contributed by atoms with E-state index in [1.165, 1.54) is 12.1 Å². The summed E-state index contributed by atoms with van der Waals surface area (Å²) in [5.74, 6) is 0.905. The van der Waals surface area contributed by atoms with Gasteiger partial charge in [-0.25, -0.2) is 4.39 Å². The number of nitrogens with one attached hydrogen (secondary N) is 1. The number of allylic oxidation sites excluding steroid dienone is 3. The number of hydrogen-bond donors (Lipinski definition) is 1. The molecule has 0 heterocycles.